The van der Waals surface area contributed by atoms with Gasteiger partial charge in [0.05, 0.1) is 17.5 Å². The van der Waals surface area contributed by atoms with Crippen molar-refractivity contribution in [3.8, 4) is 0 Å². The third-order valence-corrected chi connectivity index (χ3v) is 9.16. The van der Waals surface area contributed by atoms with Gasteiger partial charge in [-0.05, 0) is 75.8 Å². The molecule has 4 aliphatic rings. The number of rotatable bonds is 4. The minimum absolute atomic E-state index is 0.00125. The summed E-state index contributed by atoms with van der Waals surface area (Å²) in [5.41, 5.74) is 0.468. The molecule has 34 heavy (non-hydrogen) atoms. The molecule has 0 radical (unpaired) electrons. The van der Waals surface area contributed by atoms with E-state index in [-0.39, 0.29) is 24.0 Å². The lowest BCUT2D eigenvalue weighted by Crippen LogP contribution is -2.58. The third-order valence-electron chi connectivity index (χ3n) is 9.16. The molecule has 6 nitrogen and oxygen atoms in total. The molecule has 6 heteroatoms. The second kappa shape index (κ2) is 9.10. The van der Waals surface area contributed by atoms with Crippen LogP contribution in [-0.4, -0.2) is 45.2 Å². The SMILES string of the molecule is CCOC(=O)c1nc2ccccc2c(=O)n1C1C[C@H]2CCC[C@@H](C1)N2C1C[C@H]2CCC[C@@H](C1)C2. The van der Waals surface area contributed by atoms with E-state index in [0.717, 1.165) is 24.7 Å². The van der Waals surface area contributed by atoms with E-state index in [2.05, 4.69) is 9.88 Å². The molecular weight excluding hydrogens is 426 g/mol. The van der Waals surface area contributed by atoms with Gasteiger partial charge in [-0.2, -0.15) is 0 Å². The number of hydrogen-bond donors (Lipinski definition) is 0. The summed E-state index contributed by atoms with van der Waals surface area (Å²) in [5.74, 6) is 1.52. The molecule has 0 N–H and O–H groups in total. The number of benzene rings is 1. The summed E-state index contributed by atoms with van der Waals surface area (Å²) in [7, 11) is 0. The van der Waals surface area contributed by atoms with Crippen LogP contribution in [0.25, 0.3) is 10.9 Å². The van der Waals surface area contributed by atoms with Crippen LogP contribution in [0.5, 0.6) is 0 Å². The minimum Gasteiger partial charge on any atom is -0.460 e. The van der Waals surface area contributed by atoms with E-state index in [1.54, 1.807) is 17.6 Å². The fourth-order valence-electron chi connectivity index (χ4n) is 7.96. The van der Waals surface area contributed by atoms with E-state index >= 15 is 0 Å². The summed E-state index contributed by atoms with van der Waals surface area (Å²) < 4.78 is 7.05. The van der Waals surface area contributed by atoms with Gasteiger partial charge in [-0.3, -0.25) is 14.3 Å². The Hall–Kier alpha value is -2.21. The highest BCUT2D eigenvalue weighted by Gasteiger charge is 2.45. The van der Waals surface area contributed by atoms with Crippen LogP contribution in [0.2, 0.25) is 0 Å². The van der Waals surface area contributed by atoms with E-state index in [1.165, 1.54) is 57.8 Å². The van der Waals surface area contributed by atoms with Gasteiger partial charge in [-0.15, -0.1) is 0 Å². The highest BCUT2D eigenvalue weighted by molar-refractivity contribution is 5.89. The molecule has 2 aliphatic heterocycles. The standard InChI is InChI=1S/C28H37N3O3/c1-2-34-28(33)26-29-25-12-4-3-11-24(25)27(32)31(26)23-16-20-9-6-10-21(17-23)30(20)22-14-18-7-5-8-19(13-18)15-22/h3-4,11-12,18-23H,2,5-10,13-17H2,1H3/t18-,19+,20-,21+,22?,23?. The molecule has 182 valence electrons. The third kappa shape index (κ3) is 3.88. The van der Waals surface area contributed by atoms with Gasteiger partial charge in [0.15, 0.2) is 0 Å². The van der Waals surface area contributed by atoms with Gasteiger partial charge in [0.2, 0.25) is 5.82 Å². The van der Waals surface area contributed by atoms with Gasteiger partial charge in [-0.25, -0.2) is 9.78 Å². The van der Waals surface area contributed by atoms with Crippen molar-refractivity contribution >= 4 is 16.9 Å². The van der Waals surface area contributed by atoms with Crippen molar-refractivity contribution in [2.75, 3.05) is 6.61 Å². The van der Waals surface area contributed by atoms with Gasteiger partial charge < -0.3 is 4.74 Å². The Balaban J connectivity index is 1.34. The van der Waals surface area contributed by atoms with Crippen molar-refractivity contribution in [3.63, 3.8) is 0 Å². The van der Waals surface area contributed by atoms with E-state index in [1.807, 2.05) is 18.2 Å². The average Bonchev–Trinajstić information content (AvgIpc) is 2.83. The maximum absolute atomic E-state index is 13.7. The number of nitrogens with zero attached hydrogens (tertiary/aromatic N) is 3. The normalized spacial score (nSPS) is 33.6. The van der Waals surface area contributed by atoms with E-state index in [0.29, 0.717) is 29.0 Å². The Morgan fingerprint density at radius 1 is 0.912 bits per heavy atom. The highest BCUT2D eigenvalue weighted by Crippen LogP contribution is 2.47. The fourth-order valence-corrected chi connectivity index (χ4v) is 7.96. The van der Waals surface area contributed by atoms with Crippen molar-refractivity contribution in [1.29, 1.82) is 0 Å². The first-order chi connectivity index (χ1) is 16.6. The fraction of sp³-hybridized carbons (Fsp3) is 0.679. The lowest BCUT2D eigenvalue weighted by Gasteiger charge is -2.55. The monoisotopic (exact) mass is 463 g/mol. The Bertz CT molecular complexity index is 1100. The zero-order valence-electron chi connectivity index (χ0n) is 20.3. The molecular formula is C28H37N3O3. The molecule has 6 rings (SSSR count). The van der Waals surface area contributed by atoms with Crippen LogP contribution < -0.4 is 5.56 Å². The predicted molar refractivity (Wildman–Crippen MR) is 132 cm³/mol. The molecule has 2 saturated heterocycles. The van der Waals surface area contributed by atoms with E-state index in [9.17, 15) is 9.59 Å². The summed E-state index contributed by atoms with van der Waals surface area (Å²) in [4.78, 5) is 34.1. The second-order valence-electron chi connectivity index (χ2n) is 11.2. The van der Waals surface area contributed by atoms with Crippen molar-refractivity contribution in [3.05, 3.63) is 40.4 Å². The number of para-hydroxylation sites is 1. The topological polar surface area (TPSA) is 64.4 Å². The number of aromatic nitrogens is 2. The second-order valence-corrected chi connectivity index (χ2v) is 11.2. The maximum Gasteiger partial charge on any atom is 0.374 e. The van der Waals surface area contributed by atoms with Gasteiger partial charge in [0, 0.05) is 24.2 Å². The number of hydrogen-bond acceptors (Lipinski definition) is 5. The molecule has 1 aromatic carbocycles. The lowest BCUT2D eigenvalue weighted by molar-refractivity contribution is -0.0495. The average molecular weight is 464 g/mol. The molecule has 6 atom stereocenters. The van der Waals surface area contributed by atoms with Crippen molar-refractivity contribution < 1.29 is 9.53 Å². The summed E-state index contributed by atoms with van der Waals surface area (Å²) in [6, 6.07) is 9.06. The number of carbonyl (C=O) groups is 1. The van der Waals surface area contributed by atoms with Crippen molar-refractivity contribution in [1.82, 2.24) is 14.5 Å². The Kier molecular flexibility index (Phi) is 5.96. The molecule has 2 saturated carbocycles. The smallest absolute Gasteiger partial charge is 0.374 e. The molecule has 4 bridgehead atoms. The summed E-state index contributed by atoms with van der Waals surface area (Å²) >= 11 is 0. The Morgan fingerprint density at radius 3 is 2.29 bits per heavy atom. The van der Waals surface area contributed by atoms with E-state index in [4.69, 9.17) is 4.74 Å². The quantitative estimate of drug-likeness (QED) is 0.590. The van der Waals surface area contributed by atoms with Crippen LogP contribution in [0.1, 0.15) is 94.2 Å². The molecule has 2 aliphatic carbocycles. The van der Waals surface area contributed by atoms with Crippen LogP contribution in [0, 0.1) is 11.8 Å². The summed E-state index contributed by atoms with van der Waals surface area (Å²) in [6.07, 6.45) is 13.9. The number of fused-ring (bicyclic) bond motifs is 5. The Labute approximate surface area is 201 Å². The Morgan fingerprint density at radius 2 is 1.59 bits per heavy atom. The van der Waals surface area contributed by atoms with Gasteiger partial charge in [-0.1, -0.05) is 37.8 Å². The summed E-state index contributed by atoms with van der Waals surface area (Å²) in [5, 5.41) is 0.586. The van der Waals surface area contributed by atoms with Gasteiger partial charge in [0.1, 0.15) is 0 Å². The van der Waals surface area contributed by atoms with Crippen LogP contribution in [-0.2, 0) is 4.74 Å². The number of piperidine rings is 2. The molecule has 0 spiro atoms. The number of esters is 1. The lowest BCUT2D eigenvalue weighted by atomic mass is 9.68. The number of carbonyl (C=O) groups excluding carboxylic acids is 1. The van der Waals surface area contributed by atoms with Crippen LogP contribution in [0.4, 0.5) is 0 Å². The molecule has 2 aromatic rings. The van der Waals surface area contributed by atoms with E-state index < -0.39 is 5.97 Å². The van der Waals surface area contributed by atoms with Gasteiger partial charge in [0.25, 0.3) is 5.56 Å². The first-order valence-electron chi connectivity index (χ1n) is 13.6. The molecule has 0 amide bonds. The minimum atomic E-state index is -0.488. The zero-order chi connectivity index (χ0) is 23.2. The van der Waals surface area contributed by atoms with Gasteiger partial charge >= 0.3 is 5.97 Å². The van der Waals surface area contributed by atoms with Crippen molar-refractivity contribution in [2.45, 2.75) is 102 Å². The maximum atomic E-state index is 13.7. The van der Waals surface area contributed by atoms with Crippen LogP contribution in [0.3, 0.4) is 0 Å². The largest absolute Gasteiger partial charge is 0.460 e. The van der Waals surface area contributed by atoms with Crippen LogP contribution in [0.15, 0.2) is 29.1 Å². The molecule has 1 aromatic heterocycles. The first-order valence-corrected chi connectivity index (χ1v) is 13.6. The number of ether oxygens (including phenoxy) is 1. The molecule has 4 fully saturated rings. The molecule has 3 heterocycles. The predicted octanol–water partition coefficient (Wildman–Crippen LogP) is 5.10. The van der Waals surface area contributed by atoms with Crippen LogP contribution >= 0.6 is 0 Å². The highest BCUT2D eigenvalue weighted by atomic mass is 16.5. The van der Waals surface area contributed by atoms with Crippen molar-refractivity contribution in [2.24, 2.45) is 11.8 Å². The first kappa shape index (κ1) is 22.3. The molecule has 2 unspecified atom stereocenters. The summed E-state index contributed by atoms with van der Waals surface area (Å²) in [6.45, 7) is 2.07. The zero-order valence-corrected chi connectivity index (χ0v) is 20.3.